The summed E-state index contributed by atoms with van der Waals surface area (Å²) in [6, 6.07) is 25.4. The van der Waals surface area contributed by atoms with Gasteiger partial charge in [0.15, 0.2) is 0 Å². The van der Waals surface area contributed by atoms with E-state index in [9.17, 15) is 0 Å². The van der Waals surface area contributed by atoms with Gasteiger partial charge in [0, 0.05) is 39.8 Å². The van der Waals surface area contributed by atoms with Crippen molar-refractivity contribution in [2.45, 2.75) is 32.1 Å². The number of nitrogens with two attached hydrogens (primary N) is 1. The van der Waals surface area contributed by atoms with Gasteiger partial charge in [-0.3, -0.25) is 4.99 Å². The molecule has 5 rings (SSSR count). The van der Waals surface area contributed by atoms with E-state index < -0.39 is 0 Å². The van der Waals surface area contributed by atoms with Crippen LogP contribution in [0.4, 0.5) is 11.4 Å². The second-order valence-corrected chi connectivity index (χ2v) is 8.01. The van der Waals surface area contributed by atoms with Gasteiger partial charge in [-0.05, 0) is 55.2 Å². The molecular weight excluding hydrogens is 354 g/mol. The quantitative estimate of drug-likeness (QED) is 0.403. The smallest absolute Gasteiger partial charge is 0.0668 e. The highest BCUT2D eigenvalue weighted by Crippen LogP contribution is 2.47. The highest BCUT2D eigenvalue weighted by Gasteiger charge is 2.35. The predicted molar refractivity (Wildman–Crippen MR) is 122 cm³/mol. The number of aryl methyl sites for hydroxylation is 1. The Labute approximate surface area is 171 Å². The van der Waals surface area contributed by atoms with E-state index in [1.54, 1.807) is 0 Å². The van der Waals surface area contributed by atoms with E-state index in [-0.39, 0.29) is 11.8 Å². The molecule has 3 aromatic carbocycles. The van der Waals surface area contributed by atoms with Crippen LogP contribution in [0.15, 0.2) is 77.8 Å². The van der Waals surface area contributed by atoms with Crippen LogP contribution in [0.1, 0.15) is 41.1 Å². The fourth-order valence-corrected chi connectivity index (χ4v) is 4.96. The summed E-state index contributed by atoms with van der Waals surface area (Å²) in [5.74, 6) is 0.493. The van der Waals surface area contributed by atoms with Crippen molar-refractivity contribution in [2.24, 2.45) is 4.99 Å². The third-order valence-corrected chi connectivity index (χ3v) is 6.23. The number of fused-ring (bicyclic) bond motifs is 2. The Bertz CT molecular complexity index is 1230. The Hall–Kier alpha value is -3.33. The van der Waals surface area contributed by atoms with Gasteiger partial charge in [-0.15, -0.1) is 0 Å². The summed E-state index contributed by atoms with van der Waals surface area (Å²) >= 11 is 0. The SMILES string of the molecule is CC1=Nc2ccccc2[C@@H]1[C@H](Cc1ccccc1N)c1c(C)[nH]c2ccccc12. The molecule has 0 fully saturated rings. The summed E-state index contributed by atoms with van der Waals surface area (Å²) in [7, 11) is 0. The molecule has 0 bridgehead atoms. The van der Waals surface area contributed by atoms with Crippen molar-refractivity contribution >= 4 is 28.0 Å². The zero-order valence-electron chi connectivity index (χ0n) is 16.8. The third kappa shape index (κ3) is 2.94. The van der Waals surface area contributed by atoms with E-state index in [0.717, 1.165) is 17.8 Å². The number of hydrogen-bond acceptors (Lipinski definition) is 2. The van der Waals surface area contributed by atoms with Crippen LogP contribution >= 0.6 is 0 Å². The lowest BCUT2D eigenvalue weighted by Gasteiger charge is -2.27. The first kappa shape index (κ1) is 17.7. The zero-order valence-corrected chi connectivity index (χ0v) is 16.8. The molecule has 2 heterocycles. The van der Waals surface area contributed by atoms with Crippen molar-refractivity contribution in [3.63, 3.8) is 0 Å². The van der Waals surface area contributed by atoms with Crippen LogP contribution < -0.4 is 5.73 Å². The molecule has 0 radical (unpaired) electrons. The van der Waals surface area contributed by atoms with E-state index in [2.05, 4.69) is 79.5 Å². The highest BCUT2D eigenvalue weighted by molar-refractivity contribution is 5.98. The Morgan fingerprint density at radius 1 is 0.931 bits per heavy atom. The number of anilines is 1. The lowest BCUT2D eigenvalue weighted by Crippen LogP contribution is -2.19. The number of H-pyrrole nitrogens is 1. The maximum absolute atomic E-state index is 6.36. The summed E-state index contributed by atoms with van der Waals surface area (Å²) in [6.07, 6.45) is 0.876. The molecule has 0 saturated carbocycles. The lowest BCUT2D eigenvalue weighted by molar-refractivity contribution is 0.646. The molecule has 1 aliphatic heterocycles. The summed E-state index contributed by atoms with van der Waals surface area (Å²) in [6.45, 7) is 4.35. The van der Waals surface area contributed by atoms with E-state index in [1.807, 2.05) is 12.1 Å². The maximum Gasteiger partial charge on any atom is 0.0668 e. The maximum atomic E-state index is 6.36. The molecule has 4 aromatic rings. The van der Waals surface area contributed by atoms with Crippen molar-refractivity contribution in [3.8, 4) is 0 Å². The minimum absolute atomic E-state index is 0.240. The molecule has 0 aliphatic carbocycles. The van der Waals surface area contributed by atoms with Gasteiger partial charge in [0.25, 0.3) is 0 Å². The summed E-state index contributed by atoms with van der Waals surface area (Å²) < 4.78 is 0. The standard InChI is InChI=1S/C26H25N3/c1-16-25(19-10-4-7-13-23(19)28-16)21(15-18-9-3-6-12-22(18)27)26-17(2)29-24-14-8-5-11-20(24)26/h3-14,21,25,29H,15,27H2,1-2H3/t21-,25+/m0/s1. The number of nitrogens with zero attached hydrogens (tertiary/aromatic N) is 1. The van der Waals surface area contributed by atoms with Crippen LogP contribution in [-0.2, 0) is 6.42 Å². The Morgan fingerprint density at radius 2 is 1.66 bits per heavy atom. The molecule has 2 atom stereocenters. The molecule has 1 aliphatic rings. The number of nitrogens with one attached hydrogen (secondary N) is 1. The first-order valence-corrected chi connectivity index (χ1v) is 10.2. The number of aromatic nitrogens is 1. The van der Waals surface area contributed by atoms with Crippen LogP contribution in [0.3, 0.4) is 0 Å². The molecule has 0 unspecified atom stereocenters. The van der Waals surface area contributed by atoms with Gasteiger partial charge in [0.1, 0.15) is 0 Å². The monoisotopic (exact) mass is 379 g/mol. The Morgan fingerprint density at radius 3 is 2.52 bits per heavy atom. The topological polar surface area (TPSA) is 54.2 Å². The minimum atomic E-state index is 0.240. The average molecular weight is 380 g/mol. The van der Waals surface area contributed by atoms with Crippen molar-refractivity contribution < 1.29 is 0 Å². The van der Waals surface area contributed by atoms with E-state index in [0.29, 0.717) is 0 Å². The van der Waals surface area contributed by atoms with Crippen LogP contribution in [0.25, 0.3) is 10.9 Å². The molecule has 3 nitrogen and oxygen atoms in total. The fourth-order valence-electron chi connectivity index (χ4n) is 4.96. The van der Waals surface area contributed by atoms with E-state index >= 15 is 0 Å². The fraction of sp³-hybridized carbons (Fsp3) is 0.192. The van der Waals surface area contributed by atoms with Crippen LogP contribution in [-0.4, -0.2) is 10.7 Å². The van der Waals surface area contributed by atoms with E-state index in [4.69, 9.17) is 10.7 Å². The van der Waals surface area contributed by atoms with Crippen molar-refractivity contribution in [2.75, 3.05) is 5.73 Å². The number of nitrogen functional groups attached to an aromatic ring is 1. The van der Waals surface area contributed by atoms with E-state index in [1.165, 1.54) is 39.0 Å². The first-order valence-electron chi connectivity index (χ1n) is 10.2. The molecule has 0 spiro atoms. The molecule has 0 saturated heterocycles. The predicted octanol–water partition coefficient (Wildman–Crippen LogP) is 6.27. The Balaban J connectivity index is 1.71. The minimum Gasteiger partial charge on any atom is -0.399 e. The number of aromatic amines is 1. The van der Waals surface area contributed by atoms with Gasteiger partial charge in [-0.1, -0.05) is 54.6 Å². The number of aliphatic imine (C=N–C) groups is 1. The normalized spacial score (nSPS) is 16.6. The van der Waals surface area contributed by atoms with Gasteiger partial charge in [0.05, 0.1) is 5.69 Å². The van der Waals surface area contributed by atoms with Crippen LogP contribution in [0, 0.1) is 6.92 Å². The summed E-state index contributed by atoms with van der Waals surface area (Å²) in [4.78, 5) is 8.51. The van der Waals surface area contributed by atoms with Crippen molar-refractivity contribution in [3.05, 3.63) is 95.2 Å². The van der Waals surface area contributed by atoms with Gasteiger partial charge in [-0.25, -0.2) is 0 Å². The summed E-state index contributed by atoms with van der Waals surface area (Å²) in [5.41, 5.74) is 15.8. The highest BCUT2D eigenvalue weighted by atomic mass is 14.8. The molecule has 0 amide bonds. The zero-order chi connectivity index (χ0) is 20.0. The largest absolute Gasteiger partial charge is 0.399 e. The van der Waals surface area contributed by atoms with Gasteiger partial charge >= 0.3 is 0 Å². The van der Waals surface area contributed by atoms with Gasteiger partial charge in [0.2, 0.25) is 0 Å². The Kier molecular flexibility index (Phi) is 4.24. The van der Waals surface area contributed by atoms with Crippen LogP contribution in [0.2, 0.25) is 0 Å². The first-order chi connectivity index (χ1) is 14.1. The van der Waals surface area contributed by atoms with Gasteiger partial charge in [-0.2, -0.15) is 0 Å². The molecule has 144 valence electrons. The molecule has 3 N–H and O–H groups in total. The second-order valence-electron chi connectivity index (χ2n) is 8.01. The third-order valence-electron chi connectivity index (χ3n) is 6.23. The van der Waals surface area contributed by atoms with Gasteiger partial charge < -0.3 is 10.7 Å². The average Bonchev–Trinajstić information content (AvgIpc) is 3.23. The van der Waals surface area contributed by atoms with Crippen molar-refractivity contribution in [1.29, 1.82) is 0 Å². The van der Waals surface area contributed by atoms with Crippen molar-refractivity contribution in [1.82, 2.24) is 4.98 Å². The second kappa shape index (κ2) is 6.93. The van der Waals surface area contributed by atoms with Crippen LogP contribution in [0.5, 0.6) is 0 Å². The number of hydrogen-bond donors (Lipinski definition) is 2. The summed E-state index contributed by atoms with van der Waals surface area (Å²) in [5, 5.41) is 1.29. The lowest BCUT2D eigenvalue weighted by atomic mass is 9.75. The number of para-hydroxylation sites is 3. The number of benzene rings is 3. The molecule has 1 aromatic heterocycles. The molecule has 29 heavy (non-hydrogen) atoms. The molecular formula is C26H25N3. The number of rotatable bonds is 4. The molecule has 3 heteroatoms.